The van der Waals surface area contributed by atoms with Gasteiger partial charge in [-0.3, -0.25) is 0 Å². The number of nitrogens with zero attached hydrogens (tertiary/aromatic N) is 1. The number of rotatable bonds is 4. The Hall–Kier alpha value is -1.82. The molecule has 2 aromatic heterocycles. The fourth-order valence-corrected chi connectivity index (χ4v) is 2.05. The van der Waals surface area contributed by atoms with Crippen molar-refractivity contribution in [1.82, 2.24) is 4.98 Å². The molecule has 0 atom stereocenters. The van der Waals surface area contributed by atoms with Gasteiger partial charge >= 0.3 is 5.97 Å². The van der Waals surface area contributed by atoms with Crippen molar-refractivity contribution in [3.8, 4) is 0 Å². The van der Waals surface area contributed by atoms with Crippen LogP contribution in [0.25, 0.3) is 0 Å². The number of carbonyl (C=O) groups is 1. The van der Waals surface area contributed by atoms with Gasteiger partial charge in [0.1, 0.15) is 10.6 Å². The van der Waals surface area contributed by atoms with Crippen molar-refractivity contribution in [3.05, 3.63) is 34.7 Å². The number of nitrogens with one attached hydrogen (secondary N) is 1. The molecule has 0 bridgehead atoms. The molecular weight excluding hydrogens is 228 g/mol. The van der Waals surface area contributed by atoms with Crippen molar-refractivity contribution >= 4 is 22.4 Å². The van der Waals surface area contributed by atoms with E-state index in [9.17, 15) is 4.79 Å². The summed E-state index contributed by atoms with van der Waals surface area (Å²) >= 11 is 1.13. The molecule has 5 nitrogen and oxygen atoms in total. The Kier molecular flexibility index (Phi) is 2.91. The fourth-order valence-electron chi connectivity index (χ4n) is 1.25. The van der Waals surface area contributed by atoms with Crippen LogP contribution in [0.3, 0.4) is 0 Å². The largest absolute Gasteiger partial charge is 0.477 e. The van der Waals surface area contributed by atoms with Crippen LogP contribution in [0.1, 0.15) is 21.1 Å². The maximum atomic E-state index is 10.8. The van der Waals surface area contributed by atoms with Gasteiger partial charge in [-0.1, -0.05) is 11.3 Å². The van der Waals surface area contributed by atoms with E-state index in [2.05, 4.69) is 10.3 Å². The Morgan fingerprint density at radius 3 is 3.06 bits per heavy atom. The second-order valence-corrected chi connectivity index (χ2v) is 4.17. The average molecular weight is 238 g/mol. The number of hydrogen-bond acceptors (Lipinski definition) is 5. The highest BCUT2D eigenvalue weighted by Crippen LogP contribution is 2.22. The number of aryl methyl sites for hydroxylation is 1. The summed E-state index contributed by atoms with van der Waals surface area (Å²) in [6.07, 6.45) is 1.59. The Morgan fingerprint density at radius 2 is 2.50 bits per heavy atom. The van der Waals surface area contributed by atoms with Crippen molar-refractivity contribution in [1.29, 1.82) is 0 Å². The summed E-state index contributed by atoms with van der Waals surface area (Å²) in [5.41, 5.74) is 0.527. The number of furan rings is 1. The van der Waals surface area contributed by atoms with Gasteiger partial charge < -0.3 is 14.8 Å². The molecule has 2 N–H and O–H groups in total. The molecule has 2 rings (SSSR count). The van der Waals surface area contributed by atoms with E-state index in [-0.39, 0.29) is 4.88 Å². The number of hydrogen-bond donors (Lipinski definition) is 2. The first-order valence-corrected chi connectivity index (χ1v) is 5.45. The molecule has 0 saturated carbocycles. The van der Waals surface area contributed by atoms with Crippen LogP contribution < -0.4 is 5.32 Å². The first kappa shape index (κ1) is 10.7. The van der Waals surface area contributed by atoms with E-state index >= 15 is 0 Å². The molecule has 0 radical (unpaired) electrons. The van der Waals surface area contributed by atoms with Crippen molar-refractivity contribution in [2.45, 2.75) is 13.5 Å². The van der Waals surface area contributed by atoms with E-state index in [0.717, 1.165) is 17.1 Å². The van der Waals surface area contributed by atoms with Crippen molar-refractivity contribution < 1.29 is 14.3 Å². The summed E-state index contributed by atoms with van der Waals surface area (Å²) in [4.78, 5) is 15.2. The lowest BCUT2D eigenvalue weighted by molar-refractivity contribution is 0.0701. The fraction of sp³-hybridized carbons (Fsp3) is 0.200. The second kappa shape index (κ2) is 4.36. The number of thiazole rings is 1. The van der Waals surface area contributed by atoms with E-state index in [1.54, 1.807) is 19.3 Å². The van der Waals surface area contributed by atoms with E-state index in [4.69, 9.17) is 9.52 Å². The predicted octanol–water partition coefficient (Wildman–Crippen LogP) is 2.35. The van der Waals surface area contributed by atoms with E-state index in [1.165, 1.54) is 0 Å². The quantitative estimate of drug-likeness (QED) is 0.855. The van der Waals surface area contributed by atoms with Crippen molar-refractivity contribution in [3.63, 3.8) is 0 Å². The number of aromatic nitrogens is 1. The van der Waals surface area contributed by atoms with Crippen LogP contribution in [0.2, 0.25) is 0 Å². The van der Waals surface area contributed by atoms with Gasteiger partial charge in [0.25, 0.3) is 0 Å². The normalized spacial score (nSPS) is 10.3. The minimum atomic E-state index is -0.943. The van der Waals surface area contributed by atoms with Gasteiger partial charge in [-0.05, 0) is 19.1 Å². The standard InChI is InChI=1S/C10H10N2O3S/c1-6-8(9(13)14)16-10(12-6)11-5-7-3-2-4-15-7/h2-4H,5H2,1H3,(H,11,12)(H,13,14). The molecule has 0 amide bonds. The Morgan fingerprint density at radius 1 is 1.69 bits per heavy atom. The van der Waals surface area contributed by atoms with Gasteiger partial charge in [0.15, 0.2) is 5.13 Å². The molecule has 0 aliphatic carbocycles. The molecule has 0 aliphatic heterocycles. The Bertz CT molecular complexity index is 490. The maximum Gasteiger partial charge on any atom is 0.347 e. The van der Waals surface area contributed by atoms with Crippen molar-refractivity contribution in [2.24, 2.45) is 0 Å². The first-order valence-electron chi connectivity index (χ1n) is 4.64. The molecule has 16 heavy (non-hydrogen) atoms. The van der Waals surface area contributed by atoms with Crippen LogP contribution in [-0.4, -0.2) is 16.1 Å². The summed E-state index contributed by atoms with van der Waals surface area (Å²) in [7, 11) is 0. The van der Waals surface area contributed by atoms with E-state index in [0.29, 0.717) is 17.4 Å². The van der Waals surface area contributed by atoms with Crippen LogP contribution >= 0.6 is 11.3 Å². The molecule has 2 heterocycles. The average Bonchev–Trinajstić information content (AvgIpc) is 2.83. The third-order valence-electron chi connectivity index (χ3n) is 1.98. The molecule has 0 spiro atoms. The highest BCUT2D eigenvalue weighted by molar-refractivity contribution is 7.17. The minimum Gasteiger partial charge on any atom is -0.477 e. The molecule has 0 aliphatic rings. The highest BCUT2D eigenvalue weighted by atomic mass is 32.1. The zero-order valence-electron chi connectivity index (χ0n) is 8.56. The first-order chi connectivity index (χ1) is 7.66. The summed E-state index contributed by atoms with van der Waals surface area (Å²) in [5.74, 6) is -0.161. The maximum absolute atomic E-state index is 10.8. The van der Waals surface area contributed by atoms with Gasteiger partial charge in [-0.25, -0.2) is 9.78 Å². The lowest BCUT2D eigenvalue weighted by atomic mass is 10.4. The molecule has 0 fully saturated rings. The zero-order valence-corrected chi connectivity index (χ0v) is 9.37. The van der Waals surface area contributed by atoms with Gasteiger partial charge in [-0.2, -0.15) is 0 Å². The highest BCUT2D eigenvalue weighted by Gasteiger charge is 2.13. The summed E-state index contributed by atoms with van der Waals surface area (Å²) in [5, 5.41) is 12.5. The van der Waals surface area contributed by atoms with Crippen molar-refractivity contribution in [2.75, 3.05) is 5.32 Å². The zero-order chi connectivity index (χ0) is 11.5. The lowest BCUT2D eigenvalue weighted by Crippen LogP contribution is -1.97. The monoisotopic (exact) mass is 238 g/mol. The number of carboxylic acids is 1. The van der Waals surface area contributed by atoms with Gasteiger partial charge in [0.05, 0.1) is 18.5 Å². The number of carboxylic acid groups (broad SMARTS) is 1. The Balaban J connectivity index is 2.05. The summed E-state index contributed by atoms with van der Waals surface area (Å²) < 4.78 is 5.14. The molecule has 0 aromatic carbocycles. The van der Waals surface area contributed by atoms with E-state index < -0.39 is 5.97 Å². The molecule has 0 unspecified atom stereocenters. The Labute approximate surface area is 95.7 Å². The topological polar surface area (TPSA) is 75.4 Å². The lowest BCUT2D eigenvalue weighted by Gasteiger charge is -1.97. The number of aromatic carboxylic acids is 1. The van der Waals surface area contributed by atoms with Gasteiger partial charge in [0, 0.05) is 0 Å². The minimum absolute atomic E-state index is 0.266. The predicted molar refractivity (Wildman–Crippen MR) is 59.8 cm³/mol. The van der Waals surface area contributed by atoms with E-state index in [1.807, 2.05) is 6.07 Å². The van der Waals surface area contributed by atoms with Crippen LogP contribution in [-0.2, 0) is 6.54 Å². The molecular formula is C10H10N2O3S. The van der Waals surface area contributed by atoms with Crippen LogP contribution in [0.4, 0.5) is 5.13 Å². The molecule has 84 valence electrons. The molecule has 2 aromatic rings. The summed E-state index contributed by atoms with van der Waals surface area (Å²) in [6, 6.07) is 3.64. The molecule has 0 saturated heterocycles. The van der Waals surface area contributed by atoms with Gasteiger partial charge in [0.2, 0.25) is 0 Å². The smallest absolute Gasteiger partial charge is 0.347 e. The second-order valence-electron chi connectivity index (χ2n) is 3.17. The summed E-state index contributed by atoms with van der Waals surface area (Å²) in [6.45, 7) is 2.18. The SMILES string of the molecule is Cc1nc(NCc2ccco2)sc1C(=O)O. The third kappa shape index (κ3) is 2.22. The number of anilines is 1. The van der Waals surface area contributed by atoms with Gasteiger partial charge in [-0.15, -0.1) is 0 Å². The van der Waals surface area contributed by atoms with Crippen LogP contribution in [0, 0.1) is 6.92 Å². The van der Waals surface area contributed by atoms with Crippen LogP contribution in [0.15, 0.2) is 22.8 Å². The third-order valence-corrected chi connectivity index (χ3v) is 3.09. The molecule has 6 heteroatoms. The van der Waals surface area contributed by atoms with Crippen LogP contribution in [0.5, 0.6) is 0 Å².